The maximum Gasteiger partial charge on any atom is 0.155 e. The predicted octanol–water partition coefficient (Wildman–Crippen LogP) is 1.57. The smallest absolute Gasteiger partial charge is 0.155 e. The van der Waals surface area contributed by atoms with Crippen molar-refractivity contribution in [3.8, 4) is 0 Å². The Kier molecular flexibility index (Phi) is 4.10. The van der Waals surface area contributed by atoms with Gasteiger partial charge in [0.05, 0.1) is 11.5 Å². The van der Waals surface area contributed by atoms with E-state index in [9.17, 15) is 8.42 Å². The molecule has 0 fully saturated rings. The standard InChI is InChI=1S/C12H19NO2S/c1-9-5-4-6-10(2)12(9)8-16(14,15)7-11(3)13/h4-6,11H,7-8,13H2,1-3H3. The van der Waals surface area contributed by atoms with E-state index in [0.29, 0.717) is 0 Å². The summed E-state index contributed by atoms with van der Waals surface area (Å²) < 4.78 is 23.7. The summed E-state index contributed by atoms with van der Waals surface area (Å²) in [6, 6.07) is 5.49. The Hall–Kier alpha value is -0.870. The first-order chi connectivity index (χ1) is 7.32. The molecular formula is C12H19NO2S. The van der Waals surface area contributed by atoms with Gasteiger partial charge in [0, 0.05) is 6.04 Å². The second-order valence-electron chi connectivity index (χ2n) is 4.40. The van der Waals surface area contributed by atoms with E-state index >= 15 is 0 Å². The van der Waals surface area contributed by atoms with E-state index in [0.717, 1.165) is 16.7 Å². The van der Waals surface area contributed by atoms with Crippen LogP contribution in [0.2, 0.25) is 0 Å². The van der Waals surface area contributed by atoms with Crippen LogP contribution in [0.5, 0.6) is 0 Å². The highest BCUT2D eigenvalue weighted by Gasteiger charge is 2.16. The number of aryl methyl sites for hydroxylation is 2. The molecule has 1 unspecified atom stereocenters. The van der Waals surface area contributed by atoms with E-state index in [2.05, 4.69) is 0 Å². The van der Waals surface area contributed by atoms with Gasteiger partial charge in [-0.1, -0.05) is 18.2 Å². The zero-order valence-electron chi connectivity index (χ0n) is 10.0. The van der Waals surface area contributed by atoms with Gasteiger partial charge in [-0.15, -0.1) is 0 Å². The molecule has 90 valence electrons. The lowest BCUT2D eigenvalue weighted by Crippen LogP contribution is -2.27. The maximum absolute atomic E-state index is 11.8. The monoisotopic (exact) mass is 241 g/mol. The molecule has 0 aliphatic carbocycles. The number of rotatable bonds is 4. The molecule has 1 rings (SSSR count). The summed E-state index contributed by atoms with van der Waals surface area (Å²) in [6.45, 7) is 5.58. The molecule has 0 bridgehead atoms. The molecule has 0 aliphatic rings. The van der Waals surface area contributed by atoms with E-state index in [-0.39, 0.29) is 17.5 Å². The van der Waals surface area contributed by atoms with Crippen LogP contribution in [-0.2, 0) is 15.6 Å². The van der Waals surface area contributed by atoms with Gasteiger partial charge in [-0.05, 0) is 37.5 Å². The molecule has 2 N–H and O–H groups in total. The van der Waals surface area contributed by atoms with Crippen LogP contribution in [0.15, 0.2) is 18.2 Å². The minimum atomic E-state index is -3.10. The minimum absolute atomic E-state index is 0.0424. The van der Waals surface area contributed by atoms with Gasteiger partial charge >= 0.3 is 0 Å². The lowest BCUT2D eigenvalue weighted by molar-refractivity contribution is 0.589. The highest BCUT2D eigenvalue weighted by Crippen LogP contribution is 2.17. The molecule has 1 atom stereocenters. The highest BCUT2D eigenvalue weighted by atomic mass is 32.2. The van der Waals surface area contributed by atoms with Gasteiger partial charge in [-0.3, -0.25) is 0 Å². The molecule has 0 aromatic heterocycles. The fourth-order valence-electron chi connectivity index (χ4n) is 1.76. The van der Waals surface area contributed by atoms with Crippen molar-refractivity contribution in [1.82, 2.24) is 0 Å². The van der Waals surface area contributed by atoms with Gasteiger partial charge in [0.2, 0.25) is 0 Å². The number of benzene rings is 1. The molecule has 0 amide bonds. The van der Waals surface area contributed by atoms with E-state index in [4.69, 9.17) is 5.73 Å². The first-order valence-corrected chi connectivity index (χ1v) is 7.15. The maximum atomic E-state index is 11.8. The van der Waals surface area contributed by atoms with Crippen LogP contribution >= 0.6 is 0 Å². The van der Waals surface area contributed by atoms with Crippen molar-refractivity contribution in [1.29, 1.82) is 0 Å². The third-order valence-electron chi connectivity index (χ3n) is 2.53. The first kappa shape index (κ1) is 13.2. The molecule has 16 heavy (non-hydrogen) atoms. The summed E-state index contributed by atoms with van der Waals surface area (Å²) in [5.41, 5.74) is 8.48. The Morgan fingerprint density at radius 3 is 2.19 bits per heavy atom. The number of hydrogen-bond acceptors (Lipinski definition) is 3. The quantitative estimate of drug-likeness (QED) is 0.870. The van der Waals surface area contributed by atoms with Crippen molar-refractivity contribution in [2.45, 2.75) is 32.6 Å². The lowest BCUT2D eigenvalue weighted by atomic mass is 10.1. The fraction of sp³-hybridized carbons (Fsp3) is 0.500. The molecule has 3 nitrogen and oxygen atoms in total. The van der Waals surface area contributed by atoms with Gasteiger partial charge in [0.1, 0.15) is 0 Å². The number of sulfone groups is 1. The zero-order chi connectivity index (χ0) is 12.3. The lowest BCUT2D eigenvalue weighted by Gasteiger charge is -2.11. The molecular weight excluding hydrogens is 222 g/mol. The predicted molar refractivity (Wildman–Crippen MR) is 67.1 cm³/mol. The Morgan fingerprint density at radius 2 is 1.75 bits per heavy atom. The summed E-state index contributed by atoms with van der Waals surface area (Å²) in [4.78, 5) is 0. The number of hydrogen-bond donors (Lipinski definition) is 1. The molecule has 0 radical (unpaired) electrons. The second kappa shape index (κ2) is 4.97. The van der Waals surface area contributed by atoms with Crippen molar-refractivity contribution in [3.05, 3.63) is 34.9 Å². The summed E-state index contributed by atoms with van der Waals surface area (Å²) >= 11 is 0. The van der Waals surface area contributed by atoms with Gasteiger partial charge in [0.25, 0.3) is 0 Å². The van der Waals surface area contributed by atoms with Crippen LogP contribution in [-0.4, -0.2) is 20.2 Å². The zero-order valence-corrected chi connectivity index (χ0v) is 10.8. The van der Waals surface area contributed by atoms with Crippen molar-refractivity contribution in [2.75, 3.05) is 5.75 Å². The summed E-state index contributed by atoms with van der Waals surface area (Å²) in [6.07, 6.45) is 0. The molecule has 1 aromatic carbocycles. The van der Waals surface area contributed by atoms with Crippen molar-refractivity contribution in [2.24, 2.45) is 5.73 Å². The van der Waals surface area contributed by atoms with Crippen LogP contribution in [0, 0.1) is 13.8 Å². The van der Waals surface area contributed by atoms with Gasteiger partial charge in [-0.2, -0.15) is 0 Å². The summed E-state index contributed by atoms with van der Waals surface area (Å²) in [7, 11) is -3.10. The average molecular weight is 241 g/mol. The summed E-state index contributed by atoms with van der Waals surface area (Å²) in [5, 5.41) is 0. The molecule has 0 aliphatic heterocycles. The highest BCUT2D eigenvalue weighted by molar-refractivity contribution is 7.90. The third kappa shape index (κ3) is 3.61. The van der Waals surface area contributed by atoms with Gasteiger partial charge in [0.15, 0.2) is 9.84 Å². The molecule has 4 heteroatoms. The van der Waals surface area contributed by atoms with E-state index in [1.165, 1.54) is 0 Å². The Morgan fingerprint density at radius 1 is 1.25 bits per heavy atom. The third-order valence-corrected chi connectivity index (χ3v) is 4.29. The molecule has 0 heterocycles. The van der Waals surface area contributed by atoms with Crippen LogP contribution in [0.25, 0.3) is 0 Å². The normalized spacial score (nSPS) is 13.8. The van der Waals surface area contributed by atoms with Crippen molar-refractivity contribution < 1.29 is 8.42 Å². The van der Waals surface area contributed by atoms with Gasteiger partial charge < -0.3 is 5.73 Å². The Labute approximate surface area is 97.6 Å². The van der Waals surface area contributed by atoms with Crippen molar-refractivity contribution in [3.63, 3.8) is 0 Å². The fourth-order valence-corrected chi connectivity index (χ4v) is 3.57. The molecule has 1 aromatic rings. The topological polar surface area (TPSA) is 60.2 Å². The van der Waals surface area contributed by atoms with Crippen LogP contribution in [0.3, 0.4) is 0 Å². The first-order valence-electron chi connectivity index (χ1n) is 5.33. The largest absolute Gasteiger partial charge is 0.327 e. The van der Waals surface area contributed by atoms with Crippen LogP contribution in [0.1, 0.15) is 23.6 Å². The van der Waals surface area contributed by atoms with Crippen LogP contribution < -0.4 is 5.73 Å². The Bertz CT molecular complexity index is 444. The molecule has 0 saturated carbocycles. The van der Waals surface area contributed by atoms with Crippen LogP contribution in [0.4, 0.5) is 0 Å². The molecule has 0 spiro atoms. The Balaban J connectivity index is 2.97. The van der Waals surface area contributed by atoms with E-state index in [1.807, 2.05) is 32.0 Å². The second-order valence-corrected chi connectivity index (χ2v) is 6.51. The molecule has 0 saturated heterocycles. The van der Waals surface area contributed by atoms with Gasteiger partial charge in [-0.25, -0.2) is 8.42 Å². The average Bonchev–Trinajstić information content (AvgIpc) is 2.09. The van der Waals surface area contributed by atoms with Crippen molar-refractivity contribution >= 4 is 9.84 Å². The number of nitrogens with two attached hydrogens (primary N) is 1. The minimum Gasteiger partial charge on any atom is -0.327 e. The van der Waals surface area contributed by atoms with E-state index in [1.54, 1.807) is 6.92 Å². The SMILES string of the molecule is Cc1cccc(C)c1CS(=O)(=O)CC(C)N. The summed E-state index contributed by atoms with van der Waals surface area (Å²) in [5.74, 6) is 0.133. The van der Waals surface area contributed by atoms with E-state index < -0.39 is 9.84 Å².